The maximum atomic E-state index is 2.57. The van der Waals surface area contributed by atoms with Crippen molar-refractivity contribution in [2.75, 3.05) is 13.1 Å². The molecule has 2 heteroatoms. The van der Waals surface area contributed by atoms with Crippen LogP contribution in [0.2, 0.25) is 0 Å². The van der Waals surface area contributed by atoms with Crippen molar-refractivity contribution < 1.29 is 0 Å². The monoisotopic (exact) mass is 240 g/mol. The lowest BCUT2D eigenvalue weighted by Gasteiger charge is -2.33. The SMILES string of the molecule is c1ccc(CN2CCCC(n3cccc3)C2)cc1. The molecule has 94 valence electrons. The second kappa shape index (κ2) is 5.40. The van der Waals surface area contributed by atoms with Gasteiger partial charge in [-0.1, -0.05) is 30.3 Å². The van der Waals surface area contributed by atoms with Gasteiger partial charge in [0, 0.05) is 31.5 Å². The third kappa shape index (κ3) is 2.65. The summed E-state index contributed by atoms with van der Waals surface area (Å²) in [5.41, 5.74) is 1.42. The number of aromatic nitrogens is 1. The van der Waals surface area contributed by atoms with E-state index in [0.29, 0.717) is 6.04 Å². The van der Waals surface area contributed by atoms with E-state index in [2.05, 4.69) is 64.3 Å². The van der Waals surface area contributed by atoms with Crippen molar-refractivity contribution in [2.24, 2.45) is 0 Å². The highest BCUT2D eigenvalue weighted by Gasteiger charge is 2.20. The predicted octanol–water partition coefficient (Wildman–Crippen LogP) is 3.33. The summed E-state index contributed by atoms with van der Waals surface area (Å²) in [6.07, 6.45) is 6.99. The Hall–Kier alpha value is -1.54. The lowest BCUT2D eigenvalue weighted by Crippen LogP contribution is -2.35. The highest BCUT2D eigenvalue weighted by Crippen LogP contribution is 2.22. The molecular weight excluding hydrogens is 220 g/mol. The lowest BCUT2D eigenvalue weighted by atomic mass is 10.0. The van der Waals surface area contributed by atoms with Gasteiger partial charge in [-0.25, -0.2) is 0 Å². The summed E-state index contributed by atoms with van der Waals surface area (Å²) in [4.78, 5) is 2.57. The van der Waals surface area contributed by atoms with Crippen molar-refractivity contribution in [3.05, 3.63) is 60.4 Å². The zero-order chi connectivity index (χ0) is 12.2. The third-order valence-electron chi connectivity index (χ3n) is 3.78. The van der Waals surface area contributed by atoms with Gasteiger partial charge in [0.2, 0.25) is 0 Å². The smallest absolute Gasteiger partial charge is 0.0458 e. The summed E-state index contributed by atoms with van der Waals surface area (Å²) in [7, 11) is 0. The van der Waals surface area contributed by atoms with Crippen LogP contribution < -0.4 is 0 Å². The fourth-order valence-electron chi connectivity index (χ4n) is 2.85. The second-order valence-electron chi connectivity index (χ2n) is 5.15. The topological polar surface area (TPSA) is 8.17 Å². The molecule has 1 atom stereocenters. The van der Waals surface area contributed by atoms with Crippen LogP contribution in [0.15, 0.2) is 54.9 Å². The predicted molar refractivity (Wildman–Crippen MR) is 74.4 cm³/mol. The molecule has 0 saturated carbocycles. The number of rotatable bonds is 3. The quantitative estimate of drug-likeness (QED) is 0.799. The van der Waals surface area contributed by atoms with Crippen molar-refractivity contribution in [3.63, 3.8) is 0 Å². The highest BCUT2D eigenvalue weighted by atomic mass is 15.2. The Labute approximate surface area is 109 Å². The number of hydrogen-bond acceptors (Lipinski definition) is 1. The van der Waals surface area contributed by atoms with Gasteiger partial charge in [-0.15, -0.1) is 0 Å². The largest absolute Gasteiger partial charge is 0.350 e. The molecule has 0 spiro atoms. The van der Waals surface area contributed by atoms with Crippen LogP contribution in [-0.4, -0.2) is 22.6 Å². The number of nitrogens with zero attached hydrogens (tertiary/aromatic N) is 2. The first-order valence-electron chi connectivity index (χ1n) is 6.80. The maximum Gasteiger partial charge on any atom is 0.0458 e. The molecule has 2 nitrogen and oxygen atoms in total. The molecule has 0 bridgehead atoms. The molecule has 0 amide bonds. The summed E-state index contributed by atoms with van der Waals surface area (Å²) in [6, 6.07) is 15.7. The fourth-order valence-corrected chi connectivity index (χ4v) is 2.85. The molecule has 1 aliphatic rings. The van der Waals surface area contributed by atoms with E-state index in [4.69, 9.17) is 0 Å². The van der Waals surface area contributed by atoms with Crippen molar-refractivity contribution >= 4 is 0 Å². The average Bonchev–Trinajstić information content (AvgIpc) is 2.94. The molecule has 1 saturated heterocycles. The third-order valence-corrected chi connectivity index (χ3v) is 3.78. The summed E-state index contributed by atoms with van der Waals surface area (Å²) >= 11 is 0. The molecule has 2 aromatic rings. The van der Waals surface area contributed by atoms with Crippen LogP contribution >= 0.6 is 0 Å². The molecular formula is C16H20N2. The summed E-state index contributed by atoms with van der Waals surface area (Å²) in [5.74, 6) is 0. The van der Waals surface area contributed by atoms with Gasteiger partial charge in [-0.3, -0.25) is 4.90 Å². The van der Waals surface area contributed by atoms with Crippen LogP contribution in [0.5, 0.6) is 0 Å². The van der Waals surface area contributed by atoms with Gasteiger partial charge in [-0.05, 0) is 37.1 Å². The standard InChI is InChI=1S/C16H20N2/c1-2-7-15(8-3-1)13-17-10-6-9-16(14-17)18-11-4-5-12-18/h1-5,7-8,11-12,16H,6,9-10,13-14H2. The molecule has 1 unspecified atom stereocenters. The van der Waals surface area contributed by atoms with Crippen LogP contribution in [0.3, 0.4) is 0 Å². The van der Waals surface area contributed by atoms with Crippen molar-refractivity contribution in [1.82, 2.24) is 9.47 Å². The van der Waals surface area contributed by atoms with Crippen LogP contribution in [0.1, 0.15) is 24.4 Å². The van der Waals surface area contributed by atoms with Crippen LogP contribution in [0.4, 0.5) is 0 Å². The minimum absolute atomic E-state index is 0.650. The normalized spacial score (nSPS) is 21.0. The zero-order valence-electron chi connectivity index (χ0n) is 10.7. The van der Waals surface area contributed by atoms with Crippen LogP contribution in [-0.2, 0) is 6.54 Å². The van der Waals surface area contributed by atoms with Crippen molar-refractivity contribution in [3.8, 4) is 0 Å². The van der Waals surface area contributed by atoms with Gasteiger partial charge in [0.15, 0.2) is 0 Å². The first-order valence-corrected chi connectivity index (χ1v) is 6.80. The first kappa shape index (κ1) is 11.5. The molecule has 0 radical (unpaired) electrons. The summed E-state index contributed by atoms with van der Waals surface area (Å²) in [5, 5.41) is 0. The molecule has 1 fully saturated rings. The summed E-state index contributed by atoms with van der Waals surface area (Å²) in [6.45, 7) is 3.48. The van der Waals surface area contributed by atoms with E-state index in [9.17, 15) is 0 Å². The van der Waals surface area contributed by atoms with Gasteiger partial charge in [-0.2, -0.15) is 0 Å². The Morgan fingerprint density at radius 2 is 1.78 bits per heavy atom. The fraction of sp³-hybridized carbons (Fsp3) is 0.375. The molecule has 2 heterocycles. The molecule has 1 aromatic carbocycles. The van der Waals surface area contributed by atoms with Gasteiger partial charge >= 0.3 is 0 Å². The Kier molecular flexibility index (Phi) is 3.47. The Morgan fingerprint density at radius 3 is 2.56 bits per heavy atom. The van der Waals surface area contributed by atoms with Crippen molar-refractivity contribution in [2.45, 2.75) is 25.4 Å². The number of hydrogen-bond donors (Lipinski definition) is 0. The lowest BCUT2D eigenvalue weighted by molar-refractivity contribution is 0.170. The van der Waals surface area contributed by atoms with E-state index in [-0.39, 0.29) is 0 Å². The molecule has 18 heavy (non-hydrogen) atoms. The van der Waals surface area contributed by atoms with Crippen molar-refractivity contribution in [1.29, 1.82) is 0 Å². The molecule has 3 rings (SSSR count). The number of likely N-dealkylation sites (tertiary alicyclic amines) is 1. The van der Waals surface area contributed by atoms with E-state index in [1.165, 1.54) is 31.5 Å². The van der Waals surface area contributed by atoms with E-state index in [1.807, 2.05) is 0 Å². The van der Waals surface area contributed by atoms with E-state index in [0.717, 1.165) is 6.54 Å². The molecule has 1 aliphatic heterocycles. The molecule has 0 aliphatic carbocycles. The number of benzene rings is 1. The molecule has 1 aromatic heterocycles. The van der Waals surface area contributed by atoms with Crippen LogP contribution in [0, 0.1) is 0 Å². The molecule has 0 N–H and O–H groups in total. The van der Waals surface area contributed by atoms with Gasteiger partial charge < -0.3 is 4.57 Å². The highest BCUT2D eigenvalue weighted by molar-refractivity contribution is 5.14. The first-order chi connectivity index (χ1) is 8.92. The number of piperidine rings is 1. The Morgan fingerprint density at radius 1 is 1.00 bits per heavy atom. The van der Waals surface area contributed by atoms with Gasteiger partial charge in [0.1, 0.15) is 0 Å². The maximum absolute atomic E-state index is 2.57. The van der Waals surface area contributed by atoms with Gasteiger partial charge in [0.25, 0.3) is 0 Å². The van der Waals surface area contributed by atoms with Gasteiger partial charge in [0.05, 0.1) is 0 Å². The minimum atomic E-state index is 0.650. The van der Waals surface area contributed by atoms with E-state index >= 15 is 0 Å². The summed E-state index contributed by atoms with van der Waals surface area (Å²) < 4.78 is 2.36. The second-order valence-corrected chi connectivity index (χ2v) is 5.15. The zero-order valence-corrected chi connectivity index (χ0v) is 10.7. The Balaban J connectivity index is 1.64. The van der Waals surface area contributed by atoms with E-state index < -0.39 is 0 Å². The Bertz CT molecular complexity index is 461. The van der Waals surface area contributed by atoms with Crippen LogP contribution in [0.25, 0.3) is 0 Å². The van der Waals surface area contributed by atoms with E-state index in [1.54, 1.807) is 0 Å². The average molecular weight is 240 g/mol. The minimum Gasteiger partial charge on any atom is -0.350 e.